The first-order valence-corrected chi connectivity index (χ1v) is 10.1. The molecule has 0 aliphatic heterocycles. The Balaban J connectivity index is 1.66. The molecule has 0 aliphatic rings. The fourth-order valence-corrected chi connectivity index (χ4v) is 2.72. The van der Waals surface area contributed by atoms with Crippen LogP contribution in [-0.4, -0.2) is 31.5 Å². The maximum Gasteiger partial charge on any atom is 0.225 e. The second-order valence-electron chi connectivity index (χ2n) is 6.07. The summed E-state index contributed by atoms with van der Waals surface area (Å²) in [6.45, 7) is 6.40. The van der Waals surface area contributed by atoms with Crippen molar-refractivity contribution in [1.29, 1.82) is 0 Å². The molecule has 0 aromatic carbocycles. The fraction of sp³-hybridized carbons (Fsp3) is 0.316. The topological polar surface area (TPSA) is 117 Å². The summed E-state index contributed by atoms with van der Waals surface area (Å²) >= 11 is 3.45. The van der Waals surface area contributed by atoms with Crippen molar-refractivity contribution < 1.29 is 4.52 Å². The van der Waals surface area contributed by atoms with E-state index in [1.807, 2.05) is 38.3 Å². The van der Waals surface area contributed by atoms with Crippen LogP contribution in [0.15, 0.2) is 38.4 Å². The largest absolute Gasteiger partial charge is 0.359 e. The Labute approximate surface area is 177 Å². The Morgan fingerprint density at radius 1 is 1.34 bits per heavy atom. The predicted molar refractivity (Wildman–Crippen MR) is 117 cm³/mol. The SMILES string of the molecule is C/C=C(\N=CCC)c1cc(CNc2ncc(Br)c(Nc3cc(CC)[nH]n3)n2)on1. The molecule has 9 nitrogen and oxygen atoms in total. The van der Waals surface area contributed by atoms with Gasteiger partial charge in [-0.2, -0.15) is 10.1 Å². The maximum atomic E-state index is 5.39. The monoisotopic (exact) mass is 458 g/mol. The van der Waals surface area contributed by atoms with Gasteiger partial charge in [0.1, 0.15) is 5.69 Å². The molecule has 0 saturated carbocycles. The molecule has 3 aromatic heterocycles. The molecule has 0 aliphatic carbocycles. The Kier molecular flexibility index (Phi) is 7.12. The number of aromatic nitrogens is 5. The second kappa shape index (κ2) is 9.97. The summed E-state index contributed by atoms with van der Waals surface area (Å²) in [5, 5.41) is 17.6. The van der Waals surface area contributed by atoms with Crippen LogP contribution in [0.3, 0.4) is 0 Å². The van der Waals surface area contributed by atoms with Crippen LogP contribution in [-0.2, 0) is 13.0 Å². The highest BCUT2D eigenvalue weighted by Gasteiger charge is 2.10. The zero-order chi connectivity index (χ0) is 20.6. The van der Waals surface area contributed by atoms with Crippen LogP contribution < -0.4 is 10.6 Å². The standard InChI is InChI=1S/C19H23BrN8O/c1-4-7-21-15(6-3)16-9-13(29-28-16)10-22-19-23-11-14(20)18(25-19)24-17-8-12(5-2)26-27-17/h6-9,11H,4-5,10H2,1-3H3,(H3,22,23,24,25,26,27)/b15-6-,21-7?. The van der Waals surface area contributed by atoms with E-state index >= 15 is 0 Å². The summed E-state index contributed by atoms with van der Waals surface area (Å²) in [4.78, 5) is 13.1. The van der Waals surface area contributed by atoms with Crippen LogP contribution in [0.4, 0.5) is 17.6 Å². The van der Waals surface area contributed by atoms with Gasteiger partial charge >= 0.3 is 0 Å². The number of rotatable bonds is 9. The third-order valence-corrected chi connectivity index (χ3v) is 4.51. The molecule has 3 aromatic rings. The molecule has 3 rings (SSSR count). The van der Waals surface area contributed by atoms with Crippen molar-refractivity contribution in [1.82, 2.24) is 25.3 Å². The normalized spacial score (nSPS) is 11.9. The molecular weight excluding hydrogens is 436 g/mol. The number of allylic oxidation sites excluding steroid dienone is 1. The Bertz CT molecular complexity index is 1010. The third-order valence-electron chi connectivity index (χ3n) is 3.93. The highest BCUT2D eigenvalue weighted by molar-refractivity contribution is 9.10. The van der Waals surface area contributed by atoms with Crippen molar-refractivity contribution in [3.05, 3.63) is 46.0 Å². The van der Waals surface area contributed by atoms with Crippen LogP contribution >= 0.6 is 15.9 Å². The lowest BCUT2D eigenvalue weighted by atomic mass is 10.3. The van der Waals surface area contributed by atoms with Crippen LogP contribution in [0.1, 0.15) is 44.3 Å². The zero-order valence-corrected chi connectivity index (χ0v) is 18.1. The number of halogens is 1. The number of aliphatic imine (C=N–C) groups is 1. The van der Waals surface area contributed by atoms with Gasteiger partial charge in [0.15, 0.2) is 17.4 Å². The van der Waals surface area contributed by atoms with E-state index in [9.17, 15) is 0 Å². The lowest BCUT2D eigenvalue weighted by Crippen LogP contribution is -2.05. The van der Waals surface area contributed by atoms with E-state index in [1.165, 1.54) is 0 Å². The van der Waals surface area contributed by atoms with Gasteiger partial charge in [-0.15, -0.1) is 0 Å². The number of nitrogens with one attached hydrogen (secondary N) is 3. The molecule has 0 bridgehead atoms. The van der Waals surface area contributed by atoms with Crippen LogP contribution in [0.25, 0.3) is 5.70 Å². The van der Waals surface area contributed by atoms with Gasteiger partial charge in [-0.05, 0) is 35.7 Å². The fourth-order valence-electron chi connectivity index (χ4n) is 2.43. The summed E-state index contributed by atoms with van der Waals surface area (Å²) in [5.41, 5.74) is 2.51. The highest BCUT2D eigenvalue weighted by Crippen LogP contribution is 2.24. The smallest absolute Gasteiger partial charge is 0.225 e. The molecule has 10 heteroatoms. The Morgan fingerprint density at radius 2 is 2.21 bits per heavy atom. The average Bonchev–Trinajstić information content (AvgIpc) is 3.39. The van der Waals surface area contributed by atoms with Gasteiger partial charge < -0.3 is 15.2 Å². The number of H-pyrrole nitrogens is 1. The minimum atomic E-state index is 0.394. The van der Waals surface area contributed by atoms with E-state index in [0.29, 0.717) is 35.6 Å². The first kappa shape index (κ1) is 20.7. The quantitative estimate of drug-likeness (QED) is 0.397. The van der Waals surface area contributed by atoms with E-state index in [0.717, 1.165) is 28.7 Å². The number of anilines is 3. The lowest BCUT2D eigenvalue weighted by molar-refractivity contribution is 0.386. The minimum Gasteiger partial charge on any atom is -0.359 e. The zero-order valence-electron chi connectivity index (χ0n) is 16.5. The summed E-state index contributed by atoms with van der Waals surface area (Å²) < 4.78 is 6.13. The van der Waals surface area contributed by atoms with Crippen LogP contribution in [0.2, 0.25) is 0 Å². The van der Waals surface area contributed by atoms with Crippen molar-refractivity contribution in [2.24, 2.45) is 4.99 Å². The summed E-state index contributed by atoms with van der Waals surface area (Å²) in [6, 6.07) is 3.79. The molecule has 152 valence electrons. The van der Waals surface area contributed by atoms with Gasteiger partial charge in [0, 0.05) is 30.2 Å². The summed E-state index contributed by atoms with van der Waals surface area (Å²) in [6.07, 6.45) is 7.16. The van der Waals surface area contributed by atoms with Gasteiger partial charge in [-0.1, -0.05) is 25.1 Å². The number of aryl methyl sites for hydroxylation is 1. The Hall–Kier alpha value is -3.01. The van der Waals surface area contributed by atoms with Crippen molar-refractivity contribution >= 4 is 45.4 Å². The van der Waals surface area contributed by atoms with Gasteiger partial charge in [0.2, 0.25) is 5.95 Å². The van der Waals surface area contributed by atoms with E-state index in [1.54, 1.807) is 6.20 Å². The summed E-state index contributed by atoms with van der Waals surface area (Å²) in [5.74, 6) is 2.42. The molecule has 0 spiro atoms. The Morgan fingerprint density at radius 3 is 2.93 bits per heavy atom. The van der Waals surface area contributed by atoms with E-state index in [-0.39, 0.29) is 0 Å². The predicted octanol–water partition coefficient (Wildman–Crippen LogP) is 4.71. The molecule has 29 heavy (non-hydrogen) atoms. The van der Waals surface area contributed by atoms with E-state index in [4.69, 9.17) is 4.52 Å². The number of hydrogen-bond donors (Lipinski definition) is 3. The second-order valence-corrected chi connectivity index (χ2v) is 6.93. The van der Waals surface area contributed by atoms with Crippen molar-refractivity contribution in [2.75, 3.05) is 10.6 Å². The molecular formula is C19H23BrN8O. The number of nitrogens with zero attached hydrogens (tertiary/aromatic N) is 5. The van der Waals surface area contributed by atoms with Crippen molar-refractivity contribution in [2.45, 2.75) is 40.2 Å². The van der Waals surface area contributed by atoms with Crippen LogP contribution in [0, 0.1) is 0 Å². The van der Waals surface area contributed by atoms with E-state index in [2.05, 4.69) is 63.8 Å². The number of aromatic amines is 1. The van der Waals surface area contributed by atoms with Gasteiger partial charge in [-0.3, -0.25) is 10.1 Å². The highest BCUT2D eigenvalue weighted by atomic mass is 79.9. The van der Waals surface area contributed by atoms with Gasteiger partial charge in [0.05, 0.1) is 16.7 Å². The molecule has 0 radical (unpaired) electrons. The van der Waals surface area contributed by atoms with Gasteiger partial charge in [-0.25, -0.2) is 4.98 Å². The third kappa shape index (κ3) is 5.50. The minimum absolute atomic E-state index is 0.394. The van der Waals surface area contributed by atoms with Crippen LogP contribution in [0.5, 0.6) is 0 Å². The molecule has 3 N–H and O–H groups in total. The van der Waals surface area contributed by atoms with E-state index < -0.39 is 0 Å². The number of hydrogen-bond acceptors (Lipinski definition) is 8. The summed E-state index contributed by atoms with van der Waals surface area (Å²) in [7, 11) is 0. The molecule has 0 atom stereocenters. The molecule has 0 amide bonds. The molecule has 3 heterocycles. The molecule has 0 fully saturated rings. The molecule has 0 saturated heterocycles. The lowest BCUT2D eigenvalue weighted by Gasteiger charge is -2.07. The maximum absolute atomic E-state index is 5.39. The van der Waals surface area contributed by atoms with Gasteiger partial charge in [0.25, 0.3) is 0 Å². The first-order valence-electron chi connectivity index (χ1n) is 9.35. The first-order chi connectivity index (χ1) is 14.1. The average molecular weight is 459 g/mol. The van der Waals surface area contributed by atoms with Crippen molar-refractivity contribution in [3.63, 3.8) is 0 Å². The van der Waals surface area contributed by atoms with Crippen molar-refractivity contribution in [3.8, 4) is 0 Å². The molecule has 0 unspecified atom stereocenters.